The van der Waals surface area contributed by atoms with Gasteiger partial charge in [0.15, 0.2) is 0 Å². The minimum atomic E-state index is -0.264. The molecule has 0 bridgehead atoms. The van der Waals surface area contributed by atoms with Gasteiger partial charge < -0.3 is 5.32 Å². The van der Waals surface area contributed by atoms with E-state index in [1.165, 1.54) is 23.5 Å². The molecule has 0 amide bonds. The quantitative estimate of drug-likeness (QED) is 0.877. The maximum absolute atomic E-state index is 13.2. The summed E-state index contributed by atoms with van der Waals surface area (Å²) in [6, 6.07) is 8.09. The molecule has 0 aliphatic rings. The maximum Gasteiger partial charge on any atom is 0.123 e. The standard InChI is InChI=1S/C12H10Cl2FNS/c1-16-11(7-3-2-4-8(15)5-7)9-6-10(13)17-12(9)14/h2-6,11,16H,1H3. The zero-order valence-electron chi connectivity index (χ0n) is 9.01. The molecule has 90 valence electrons. The van der Waals surface area contributed by atoms with Crippen LogP contribution in [0.4, 0.5) is 4.39 Å². The van der Waals surface area contributed by atoms with Crippen molar-refractivity contribution in [2.75, 3.05) is 7.05 Å². The molecule has 0 aliphatic heterocycles. The number of thiophene rings is 1. The summed E-state index contributed by atoms with van der Waals surface area (Å²) < 4.78 is 14.5. The lowest BCUT2D eigenvalue weighted by Gasteiger charge is -2.16. The Bertz CT molecular complexity index is 527. The molecular weight excluding hydrogens is 280 g/mol. The van der Waals surface area contributed by atoms with E-state index in [0.29, 0.717) is 8.67 Å². The third-order valence-corrected chi connectivity index (χ3v) is 3.98. The first-order valence-electron chi connectivity index (χ1n) is 4.99. The average Bonchev–Trinajstić information content (AvgIpc) is 2.59. The van der Waals surface area contributed by atoms with Gasteiger partial charge in [-0.3, -0.25) is 0 Å². The van der Waals surface area contributed by atoms with E-state index in [1.807, 2.05) is 6.07 Å². The van der Waals surface area contributed by atoms with Gasteiger partial charge >= 0.3 is 0 Å². The number of hydrogen-bond donors (Lipinski definition) is 1. The smallest absolute Gasteiger partial charge is 0.123 e. The van der Waals surface area contributed by atoms with Crippen LogP contribution in [0.15, 0.2) is 30.3 Å². The van der Waals surface area contributed by atoms with Crippen molar-refractivity contribution < 1.29 is 4.39 Å². The Kier molecular flexibility index (Phi) is 4.05. The van der Waals surface area contributed by atoms with Gasteiger partial charge in [-0.25, -0.2) is 4.39 Å². The molecule has 0 saturated carbocycles. The summed E-state index contributed by atoms with van der Waals surface area (Å²) >= 11 is 13.3. The second-order valence-electron chi connectivity index (χ2n) is 3.56. The molecule has 1 aromatic heterocycles. The molecule has 5 heteroatoms. The molecular formula is C12H10Cl2FNS. The van der Waals surface area contributed by atoms with Crippen LogP contribution in [-0.2, 0) is 0 Å². The number of nitrogens with one attached hydrogen (secondary N) is 1. The zero-order valence-corrected chi connectivity index (χ0v) is 11.3. The Labute approximate surface area is 113 Å². The van der Waals surface area contributed by atoms with Gasteiger partial charge in [0.25, 0.3) is 0 Å². The summed E-state index contributed by atoms with van der Waals surface area (Å²) in [5.41, 5.74) is 1.69. The highest BCUT2D eigenvalue weighted by Crippen LogP contribution is 2.37. The highest BCUT2D eigenvalue weighted by molar-refractivity contribution is 7.20. The van der Waals surface area contributed by atoms with Gasteiger partial charge in [0.2, 0.25) is 0 Å². The zero-order chi connectivity index (χ0) is 12.4. The molecule has 0 saturated heterocycles. The topological polar surface area (TPSA) is 12.0 Å². The van der Waals surface area contributed by atoms with Crippen molar-refractivity contribution in [3.8, 4) is 0 Å². The Morgan fingerprint density at radius 3 is 2.59 bits per heavy atom. The van der Waals surface area contributed by atoms with E-state index in [0.717, 1.165) is 11.1 Å². The molecule has 0 spiro atoms. The Balaban J connectivity index is 2.43. The van der Waals surface area contributed by atoms with Crippen LogP contribution in [0.1, 0.15) is 17.2 Å². The van der Waals surface area contributed by atoms with Gasteiger partial charge in [0.05, 0.1) is 14.7 Å². The van der Waals surface area contributed by atoms with E-state index >= 15 is 0 Å². The molecule has 1 atom stereocenters. The van der Waals surface area contributed by atoms with Crippen LogP contribution < -0.4 is 5.32 Å². The lowest BCUT2D eigenvalue weighted by Crippen LogP contribution is -2.17. The second kappa shape index (κ2) is 5.36. The molecule has 0 aliphatic carbocycles. The lowest BCUT2D eigenvalue weighted by atomic mass is 10.0. The molecule has 1 N–H and O–H groups in total. The van der Waals surface area contributed by atoms with E-state index < -0.39 is 0 Å². The minimum Gasteiger partial charge on any atom is -0.309 e. The van der Waals surface area contributed by atoms with Crippen LogP contribution >= 0.6 is 34.5 Å². The van der Waals surface area contributed by atoms with Crippen molar-refractivity contribution in [2.45, 2.75) is 6.04 Å². The molecule has 1 aromatic carbocycles. The van der Waals surface area contributed by atoms with Crippen molar-refractivity contribution in [3.05, 3.63) is 55.9 Å². The van der Waals surface area contributed by atoms with Crippen LogP contribution in [-0.4, -0.2) is 7.05 Å². The van der Waals surface area contributed by atoms with Crippen LogP contribution in [0.5, 0.6) is 0 Å². The van der Waals surface area contributed by atoms with Crippen LogP contribution in [0.2, 0.25) is 8.67 Å². The molecule has 17 heavy (non-hydrogen) atoms. The molecule has 2 aromatic rings. The Morgan fingerprint density at radius 2 is 2.06 bits per heavy atom. The molecule has 2 rings (SSSR count). The fourth-order valence-corrected chi connectivity index (χ4v) is 3.27. The fourth-order valence-electron chi connectivity index (χ4n) is 1.74. The fraction of sp³-hybridized carbons (Fsp3) is 0.167. The maximum atomic E-state index is 13.2. The number of rotatable bonds is 3. The second-order valence-corrected chi connectivity index (χ2v) is 5.84. The van der Waals surface area contributed by atoms with Gasteiger partial charge in [0.1, 0.15) is 5.82 Å². The molecule has 0 radical (unpaired) electrons. The third kappa shape index (κ3) is 2.80. The van der Waals surface area contributed by atoms with E-state index in [4.69, 9.17) is 23.2 Å². The van der Waals surface area contributed by atoms with Crippen molar-refractivity contribution >= 4 is 34.5 Å². The summed E-state index contributed by atoms with van der Waals surface area (Å²) in [6.07, 6.45) is 0. The normalized spacial score (nSPS) is 12.7. The highest BCUT2D eigenvalue weighted by Gasteiger charge is 2.18. The molecule has 1 unspecified atom stereocenters. The molecule has 0 fully saturated rings. The van der Waals surface area contributed by atoms with Crippen molar-refractivity contribution in [1.29, 1.82) is 0 Å². The van der Waals surface area contributed by atoms with Gasteiger partial charge in [-0.1, -0.05) is 35.3 Å². The highest BCUT2D eigenvalue weighted by atomic mass is 35.5. The Hall–Kier alpha value is -0.610. The summed E-state index contributed by atoms with van der Waals surface area (Å²) in [5, 5.41) is 3.11. The van der Waals surface area contributed by atoms with Crippen molar-refractivity contribution in [2.24, 2.45) is 0 Å². The largest absolute Gasteiger partial charge is 0.309 e. The summed E-state index contributed by atoms with van der Waals surface area (Å²) in [7, 11) is 1.80. The van der Waals surface area contributed by atoms with Crippen LogP contribution in [0.25, 0.3) is 0 Å². The summed E-state index contributed by atoms with van der Waals surface area (Å²) in [4.78, 5) is 0. The first kappa shape index (κ1) is 12.8. The number of halogens is 3. The monoisotopic (exact) mass is 289 g/mol. The van der Waals surface area contributed by atoms with E-state index in [9.17, 15) is 4.39 Å². The summed E-state index contributed by atoms with van der Waals surface area (Å²) in [5.74, 6) is -0.264. The van der Waals surface area contributed by atoms with E-state index in [2.05, 4.69) is 5.32 Å². The lowest BCUT2D eigenvalue weighted by molar-refractivity contribution is 0.617. The predicted molar refractivity (Wildman–Crippen MR) is 71.6 cm³/mol. The average molecular weight is 290 g/mol. The number of hydrogen-bond acceptors (Lipinski definition) is 2. The summed E-state index contributed by atoms with van der Waals surface area (Å²) in [6.45, 7) is 0. The number of benzene rings is 1. The van der Waals surface area contributed by atoms with Gasteiger partial charge in [-0.2, -0.15) is 0 Å². The van der Waals surface area contributed by atoms with Gasteiger partial charge in [-0.15, -0.1) is 11.3 Å². The van der Waals surface area contributed by atoms with E-state index in [-0.39, 0.29) is 11.9 Å². The first-order chi connectivity index (χ1) is 8.11. The molecule has 1 heterocycles. The van der Waals surface area contributed by atoms with Gasteiger partial charge in [-0.05, 0) is 30.8 Å². The van der Waals surface area contributed by atoms with Crippen LogP contribution in [0.3, 0.4) is 0 Å². The van der Waals surface area contributed by atoms with E-state index in [1.54, 1.807) is 19.2 Å². The molecule has 1 nitrogen and oxygen atoms in total. The predicted octanol–water partition coefficient (Wildman–Crippen LogP) is 4.50. The SMILES string of the molecule is CNC(c1cccc(F)c1)c1cc(Cl)sc1Cl. The van der Waals surface area contributed by atoms with Crippen molar-refractivity contribution in [3.63, 3.8) is 0 Å². The van der Waals surface area contributed by atoms with Crippen LogP contribution in [0, 0.1) is 5.82 Å². The van der Waals surface area contributed by atoms with Crippen molar-refractivity contribution in [1.82, 2.24) is 5.32 Å². The minimum absolute atomic E-state index is 0.151. The van der Waals surface area contributed by atoms with Gasteiger partial charge in [0, 0.05) is 5.56 Å². The Morgan fingerprint density at radius 1 is 1.29 bits per heavy atom. The first-order valence-corrected chi connectivity index (χ1v) is 6.56. The third-order valence-electron chi connectivity index (χ3n) is 2.46.